The van der Waals surface area contributed by atoms with Gasteiger partial charge in [-0.2, -0.15) is 0 Å². The molecule has 3 rings (SSSR count). The third kappa shape index (κ3) is 10.4. The van der Waals surface area contributed by atoms with E-state index >= 15 is 0 Å². The molecule has 0 aliphatic carbocycles. The Morgan fingerprint density at radius 3 is 1.97 bits per heavy atom. The Balaban J connectivity index is 1.48. The van der Waals surface area contributed by atoms with Crippen molar-refractivity contribution >= 4 is 22.7 Å². The molecule has 0 saturated heterocycles. The predicted octanol–water partition coefficient (Wildman–Crippen LogP) is 9.31. The van der Waals surface area contributed by atoms with Crippen molar-refractivity contribution in [3.05, 3.63) is 71.8 Å². The van der Waals surface area contributed by atoms with E-state index in [1.54, 1.807) is 30.3 Å². The van der Waals surface area contributed by atoms with Crippen LogP contribution in [0.2, 0.25) is 0 Å². The predicted molar refractivity (Wildman–Crippen MR) is 158 cm³/mol. The molecule has 0 aromatic heterocycles. The third-order valence-corrected chi connectivity index (χ3v) is 6.89. The fourth-order valence-corrected chi connectivity index (χ4v) is 4.51. The molecule has 0 N–H and O–H groups in total. The highest BCUT2D eigenvalue weighted by molar-refractivity contribution is 5.97. The fourth-order valence-electron chi connectivity index (χ4n) is 4.51. The maximum atomic E-state index is 12.8. The van der Waals surface area contributed by atoms with Crippen LogP contribution >= 0.6 is 0 Å². The number of hydrogen-bond donors (Lipinski definition) is 0. The summed E-state index contributed by atoms with van der Waals surface area (Å²) >= 11 is 0. The number of ether oxygens (including phenoxy) is 3. The summed E-state index contributed by atoms with van der Waals surface area (Å²) in [7, 11) is 0. The maximum absolute atomic E-state index is 12.8. The van der Waals surface area contributed by atoms with Crippen LogP contribution in [0.25, 0.3) is 10.8 Å². The van der Waals surface area contributed by atoms with Crippen molar-refractivity contribution in [1.29, 1.82) is 0 Å². The van der Waals surface area contributed by atoms with Gasteiger partial charge in [0.05, 0.1) is 23.8 Å². The molecule has 39 heavy (non-hydrogen) atoms. The second kappa shape index (κ2) is 16.6. The Kier molecular flexibility index (Phi) is 12.8. The average Bonchev–Trinajstić information content (AvgIpc) is 2.95. The van der Waals surface area contributed by atoms with Crippen LogP contribution in [0.3, 0.4) is 0 Å². The molecule has 0 aliphatic rings. The second-order valence-corrected chi connectivity index (χ2v) is 10.3. The molecule has 0 radical (unpaired) electrons. The summed E-state index contributed by atoms with van der Waals surface area (Å²) in [6, 6.07) is 17.9. The first-order valence-corrected chi connectivity index (χ1v) is 14.7. The summed E-state index contributed by atoms with van der Waals surface area (Å²) < 4.78 is 17.0. The van der Waals surface area contributed by atoms with Gasteiger partial charge in [0.1, 0.15) is 11.5 Å². The normalized spacial score (nSPS) is 11.8. The first-order valence-electron chi connectivity index (χ1n) is 14.7. The third-order valence-electron chi connectivity index (χ3n) is 6.89. The molecule has 0 fully saturated rings. The lowest BCUT2D eigenvalue weighted by Crippen LogP contribution is -2.15. The van der Waals surface area contributed by atoms with Crippen molar-refractivity contribution in [1.82, 2.24) is 0 Å². The molecule has 0 amide bonds. The minimum Gasteiger partial charge on any atom is -0.494 e. The lowest BCUT2D eigenvalue weighted by molar-refractivity contribution is 0.0319. The van der Waals surface area contributed by atoms with Gasteiger partial charge in [-0.05, 0) is 85.5 Å². The van der Waals surface area contributed by atoms with Gasteiger partial charge in [-0.3, -0.25) is 0 Å². The van der Waals surface area contributed by atoms with Gasteiger partial charge < -0.3 is 14.2 Å². The van der Waals surface area contributed by atoms with Crippen molar-refractivity contribution in [2.45, 2.75) is 97.5 Å². The molecule has 1 atom stereocenters. The van der Waals surface area contributed by atoms with Gasteiger partial charge in [0, 0.05) is 0 Å². The second-order valence-electron chi connectivity index (χ2n) is 10.3. The van der Waals surface area contributed by atoms with E-state index in [0.29, 0.717) is 16.9 Å². The highest BCUT2D eigenvalue weighted by atomic mass is 16.5. The largest absolute Gasteiger partial charge is 0.494 e. The highest BCUT2D eigenvalue weighted by Crippen LogP contribution is 2.24. The van der Waals surface area contributed by atoms with Crippen LogP contribution in [0.1, 0.15) is 112 Å². The molecule has 3 aromatic carbocycles. The average molecular weight is 533 g/mol. The van der Waals surface area contributed by atoms with Crippen molar-refractivity contribution < 1.29 is 23.8 Å². The number of rotatable bonds is 17. The van der Waals surface area contributed by atoms with Gasteiger partial charge in [-0.15, -0.1) is 0 Å². The summed E-state index contributed by atoms with van der Waals surface area (Å²) in [6.45, 7) is 7.05. The monoisotopic (exact) mass is 532 g/mol. The van der Waals surface area contributed by atoms with Crippen molar-refractivity contribution in [3.63, 3.8) is 0 Å². The fraction of sp³-hybridized carbons (Fsp3) is 0.471. The number of esters is 2. The first kappa shape index (κ1) is 30.2. The summed E-state index contributed by atoms with van der Waals surface area (Å²) in [6.07, 6.45) is 12.7. The minimum atomic E-state index is -0.448. The smallest absolute Gasteiger partial charge is 0.343 e. The maximum Gasteiger partial charge on any atom is 0.343 e. The van der Waals surface area contributed by atoms with Crippen LogP contribution in [-0.2, 0) is 4.74 Å². The van der Waals surface area contributed by atoms with E-state index in [9.17, 15) is 9.59 Å². The Morgan fingerprint density at radius 2 is 1.23 bits per heavy atom. The van der Waals surface area contributed by atoms with E-state index in [-0.39, 0.29) is 12.1 Å². The molecule has 0 heterocycles. The molecular weight excluding hydrogens is 488 g/mol. The summed E-state index contributed by atoms with van der Waals surface area (Å²) in [5.74, 6) is 0.413. The summed E-state index contributed by atoms with van der Waals surface area (Å²) in [5, 5.41) is 1.95. The Bertz CT molecular complexity index is 1170. The minimum absolute atomic E-state index is 0.122. The lowest BCUT2D eigenvalue weighted by atomic mass is 10.1. The molecule has 5 nitrogen and oxygen atoms in total. The van der Waals surface area contributed by atoms with Gasteiger partial charge in [0.2, 0.25) is 0 Å². The van der Waals surface area contributed by atoms with Crippen LogP contribution in [0, 0.1) is 0 Å². The van der Waals surface area contributed by atoms with E-state index in [4.69, 9.17) is 14.2 Å². The number of unbranched alkanes of at least 4 members (excludes halogenated alkanes) is 8. The van der Waals surface area contributed by atoms with Crippen LogP contribution in [0.5, 0.6) is 11.5 Å². The van der Waals surface area contributed by atoms with Crippen molar-refractivity contribution in [2.75, 3.05) is 6.61 Å². The number of hydrogen-bond acceptors (Lipinski definition) is 5. The van der Waals surface area contributed by atoms with Crippen LogP contribution in [-0.4, -0.2) is 24.6 Å². The molecule has 0 bridgehead atoms. The van der Waals surface area contributed by atoms with Gasteiger partial charge in [-0.25, -0.2) is 9.59 Å². The molecule has 3 aromatic rings. The first-order chi connectivity index (χ1) is 19.0. The molecule has 0 saturated carbocycles. The van der Waals surface area contributed by atoms with Crippen molar-refractivity contribution in [2.24, 2.45) is 0 Å². The van der Waals surface area contributed by atoms with E-state index in [0.717, 1.165) is 48.8 Å². The van der Waals surface area contributed by atoms with E-state index < -0.39 is 5.97 Å². The zero-order valence-electron chi connectivity index (χ0n) is 23.9. The SMILES string of the molecule is CCCCCCCCOc1ccc2cc(C(=O)Oc3ccc(C(=O)O[C@@H](C)CCCCCC)cc3)ccc2c1. The number of benzene rings is 3. The number of carbonyl (C=O) groups is 2. The van der Waals surface area contributed by atoms with E-state index in [1.165, 1.54) is 44.9 Å². The number of fused-ring (bicyclic) bond motifs is 1. The van der Waals surface area contributed by atoms with Gasteiger partial charge >= 0.3 is 11.9 Å². The van der Waals surface area contributed by atoms with E-state index in [1.807, 2.05) is 37.3 Å². The molecule has 5 heteroatoms. The van der Waals surface area contributed by atoms with Crippen molar-refractivity contribution in [3.8, 4) is 11.5 Å². The molecule has 0 aliphatic heterocycles. The Morgan fingerprint density at radius 1 is 0.641 bits per heavy atom. The number of carbonyl (C=O) groups excluding carboxylic acids is 2. The van der Waals surface area contributed by atoms with Crippen LogP contribution < -0.4 is 9.47 Å². The van der Waals surface area contributed by atoms with Crippen LogP contribution in [0.4, 0.5) is 0 Å². The van der Waals surface area contributed by atoms with Gasteiger partial charge in [0.25, 0.3) is 0 Å². The summed E-state index contributed by atoms with van der Waals surface area (Å²) in [5.41, 5.74) is 0.902. The quantitative estimate of drug-likeness (QED) is 0.0984. The molecule has 0 spiro atoms. The Hall–Kier alpha value is -3.34. The molecule has 210 valence electrons. The molecular formula is C34H44O5. The lowest BCUT2D eigenvalue weighted by Gasteiger charge is -2.13. The van der Waals surface area contributed by atoms with Crippen LogP contribution in [0.15, 0.2) is 60.7 Å². The van der Waals surface area contributed by atoms with Gasteiger partial charge in [0.15, 0.2) is 0 Å². The standard InChI is InChI=1S/C34H44O5/c1-4-6-8-10-11-13-23-37-32-22-19-28-24-30(16-15-29(28)25-32)34(36)39-31-20-17-27(18-21-31)33(35)38-26(3)14-12-9-7-5-2/h15-22,24-26H,4-14,23H2,1-3H3/t26-/m0/s1. The molecule has 0 unspecified atom stereocenters. The van der Waals surface area contributed by atoms with Gasteiger partial charge in [-0.1, -0.05) is 77.3 Å². The zero-order chi connectivity index (χ0) is 27.9. The highest BCUT2D eigenvalue weighted by Gasteiger charge is 2.14. The zero-order valence-corrected chi connectivity index (χ0v) is 23.9. The van der Waals surface area contributed by atoms with E-state index in [2.05, 4.69) is 13.8 Å². The Labute approximate surface area is 233 Å². The topological polar surface area (TPSA) is 61.8 Å². The summed E-state index contributed by atoms with van der Waals surface area (Å²) in [4.78, 5) is 25.2.